The van der Waals surface area contributed by atoms with Gasteiger partial charge in [-0.05, 0) is 69.3 Å². The van der Waals surface area contributed by atoms with Crippen LogP contribution in [0.4, 0.5) is 0 Å². The molecule has 2 unspecified atom stereocenters. The molecule has 2 aliphatic rings. The highest BCUT2D eigenvalue weighted by molar-refractivity contribution is 5.69. The molecular weight excluding hydrogens is 284 g/mol. The van der Waals surface area contributed by atoms with E-state index in [2.05, 4.69) is 33.8 Å². The van der Waals surface area contributed by atoms with Crippen molar-refractivity contribution < 1.29 is 9.53 Å². The van der Waals surface area contributed by atoms with Crippen LogP contribution in [-0.2, 0) is 9.53 Å². The van der Waals surface area contributed by atoms with Gasteiger partial charge in [0.25, 0.3) is 0 Å². The second-order valence-corrected chi connectivity index (χ2v) is 7.67. The number of ether oxygens (including phenoxy) is 1. The van der Waals surface area contributed by atoms with Crippen molar-refractivity contribution in [2.24, 2.45) is 17.8 Å². The van der Waals surface area contributed by atoms with E-state index < -0.39 is 0 Å². The molecule has 3 atom stereocenters. The standard InChI is InChI=1S/C21H34O2/c1-5-6-7-8-20(22)23-14-15(2)13-18-11-9-16(3)19-12-10-17(4)21(18)19/h13,16,18-19H,5-12,14H2,1-4H3/b15-13+/t16?,18-,19?/m0/s1. The fraction of sp³-hybridized carbons (Fsp3) is 0.762. The molecule has 0 amide bonds. The zero-order chi connectivity index (χ0) is 16.8. The van der Waals surface area contributed by atoms with E-state index in [9.17, 15) is 4.79 Å². The van der Waals surface area contributed by atoms with Crippen molar-refractivity contribution in [1.29, 1.82) is 0 Å². The van der Waals surface area contributed by atoms with Gasteiger partial charge in [-0.2, -0.15) is 0 Å². The molecule has 1 fully saturated rings. The van der Waals surface area contributed by atoms with Crippen molar-refractivity contribution in [2.75, 3.05) is 6.61 Å². The molecule has 2 heteroatoms. The van der Waals surface area contributed by atoms with Crippen LogP contribution in [0.3, 0.4) is 0 Å². The van der Waals surface area contributed by atoms with Crippen LogP contribution >= 0.6 is 0 Å². The normalized spacial score (nSPS) is 28.0. The van der Waals surface area contributed by atoms with Crippen LogP contribution in [0.25, 0.3) is 0 Å². The van der Waals surface area contributed by atoms with E-state index in [0.717, 1.165) is 31.1 Å². The summed E-state index contributed by atoms with van der Waals surface area (Å²) in [6.07, 6.45) is 11.3. The minimum atomic E-state index is -0.0439. The van der Waals surface area contributed by atoms with Gasteiger partial charge in [0.05, 0.1) is 0 Å². The predicted octanol–water partition coefficient (Wildman–Crippen LogP) is 5.83. The zero-order valence-electron chi connectivity index (χ0n) is 15.5. The maximum Gasteiger partial charge on any atom is 0.306 e. The lowest BCUT2D eigenvalue weighted by Gasteiger charge is -2.34. The summed E-state index contributed by atoms with van der Waals surface area (Å²) >= 11 is 0. The lowest BCUT2D eigenvalue weighted by atomic mass is 9.71. The summed E-state index contributed by atoms with van der Waals surface area (Å²) in [5.74, 6) is 2.17. The van der Waals surface area contributed by atoms with Crippen molar-refractivity contribution in [1.82, 2.24) is 0 Å². The van der Waals surface area contributed by atoms with Crippen LogP contribution < -0.4 is 0 Å². The molecule has 0 aliphatic heterocycles. The minimum Gasteiger partial charge on any atom is -0.461 e. The summed E-state index contributed by atoms with van der Waals surface area (Å²) in [6, 6.07) is 0. The highest BCUT2D eigenvalue weighted by atomic mass is 16.5. The third-order valence-corrected chi connectivity index (χ3v) is 5.67. The van der Waals surface area contributed by atoms with Gasteiger partial charge in [-0.1, -0.05) is 43.9 Å². The quantitative estimate of drug-likeness (QED) is 0.335. The van der Waals surface area contributed by atoms with Gasteiger partial charge in [-0.15, -0.1) is 0 Å². The van der Waals surface area contributed by atoms with Gasteiger partial charge in [0.2, 0.25) is 0 Å². The van der Waals surface area contributed by atoms with Crippen molar-refractivity contribution in [2.45, 2.75) is 79.1 Å². The van der Waals surface area contributed by atoms with E-state index in [4.69, 9.17) is 4.74 Å². The van der Waals surface area contributed by atoms with Gasteiger partial charge in [0, 0.05) is 6.42 Å². The molecule has 0 radical (unpaired) electrons. The van der Waals surface area contributed by atoms with Gasteiger partial charge in [0.1, 0.15) is 6.61 Å². The Balaban J connectivity index is 1.88. The first kappa shape index (κ1) is 18.3. The molecule has 0 heterocycles. The number of rotatable bonds is 7. The average molecular weight is 319 g/mol. The summed E-state index contributed by atoms with van der Waals surface area (Å²) in [5, 5.41) is 0. The molecule has 0 N–H and O–H groups in total. The third-order valence-electron chi connectivity index (χ3n) is 5.67. The first-order valence-electron chi connectivity index (χ1n) is 9.55. The minimum absolute atomic E-state index is 0.0439. The summed E-state index contributed by atoms with van der Waals surface area (Å²) in [6.45, 7) is 9.45. The summed E-state index contributed by atoms with van der Waals surface area (Å²) in [7, 11) is 0. The van der Waals surface area contributed by atoms with E-state index in [0.29, 0.717) is 18.9 Å². The van der Waals surface area contributed by atoms with E-state index >= 15 is 0 Å². The Morgan fingerprint density at radius 3 is 2.78 bits per heavy atom. The summed E-state index contributed by atoms with van der Waals surface area (Å²) in [5.41, 5.74) is 4.53. The molecule has 2 aliphatic carbocycles. The van der Waals surface area contributed by atoms with Crippen LogP contribution in [0.1, 0.15) is 79.1 Å². The molecule has 130 valence electrons. The molecular formula is C21H34O2. The maximum atomic E-state index is 11.7. The van der Waals surface area contributed by atoms with E-state index in [1.54, 1.807) is 11.1 Å². The summed E-state index contributed by atoms with van der Waals surface area (Å²) < 4.78 is 5.43. The third kappa shape index (κ3) is 4.96. The number of esters is 1. The number of carbonyl (C=O) groups is 1. The molecule has 0 spiro atoms. The van der Waals surface area contributed by atoms with Gasteiger partial charge in [-0.3, -0.25) is 4.79 Å². The number of unbranched alkanes of at least 4 members (excludes halogenated alkanes) is 2. The van der Waals surface area contributed by atoms with E-state index in [1.165, 1.54) is 31.3 Å². The molecule has 2 nitrogen and oxygen atoms in total. The number of carbonyl (C=O) groups excluding carboxylic acids is 1. The largest absolute Gasteiger partial charge is 0.461 e. The second-order valence-electron chi connectivity index (χ2n) is 7.67. The molecule has 2 rings (SSSR count). The maximum absolute atomic E-state index is 11.7. The zero-order valence-corrected chi connectivity index (χ0v) is 15.5. The average Bonchev–Trinajstić information content (AvgIpc) is 2.91. The van der Waals surface area contributed by atoms with Crippen molar-refractivity contribution in [3.05, 3.63) is 22.8 Å². The van der Waals surface area contributed by atoms with Crippen molar-refractivity contribution in [3.63, 3.8) is 0 Å². The molecule has 1 saturated carbocycles. The Hall–Kier alpha value is -1.05. The lowest BCUT2D eigenvalue weighted by Crippen LogP contribution is -2.23. The Bertz CT molecular complexity index is 472. The lowest BCUT2D eigenvalue weighted by molar-refractivity contribution is -0.142. The number of hydrogen-bond acceptors (Lipinski definition) is 2. The molecule has 0 saturated heterocycles. The predicted molar refractivity (Wildman–Crippen MR) is 96.2 cm³/mol. The van der Waals surface area contributed by atoms with Crippen LogP contribution in [0.15, 0.2) is 22.8 Å². The smallest absolute Gasteiger partial charge is 0.306 e. The Morgan fingerprint density at radius 2 is 2.04 bits per heavy atom. The van der Waals surface area contributed by atoms with E-state index in [-0.39, 0.29) is 5.97 Å². The molecule has 0 aromatic rings. The molecule has 0 aromatic heterocycles. The van der Waals surface area contributed by atoms with Gasteiger partial charge in [-0.25, -0.2) is 0 Å². The topological polar surface area (TPSA) is 26.3 Å². The molecule has 0 aromatic carbocycles. The van der Waals surface area contributed by atoms with Crippen LogP contribution in [-0.4, -0.2) is 12.6 Å². The SMILES string of the molecule is CCCCCC(=O)OC/C(C)=C/[C@@H]1CCC(C)C2CCC(C)=C21. The monoisotopic (exact) mass is 318 g/mol. The first-order chi connectivity index (χ1) is 11.0. The first-order valence-corrected chi connectivity index (χ1v) is 9.55. The molecule has 23 heavy (non-hydrogen) atoms. The Labute approximate surface area is 142 Å². The number of hydrogen-bond donors (Lipinski definition) is 0. The van der Waals surface area contributed by atoms with E-state index in [1.807, 2.05) is 0 Å². The Kier molecular flexibility index (Phi) is 6.92. The van der Waals surface area contributed by atoms with Crippen LogP contribution in [0.5, 0.6) is 0 Å². The second kappa shape index (κ2) is 8.70. The van der Waals surface area contributed by atoms with Crippen LogP contribution in [0.2, 0.25) is 0 Å². The highest BCUT2D eigenvalue weighted by Gasteiger charge is 2.35. The van der Waals surface area contributed by atoms with Crippen molar-refractivity contribution >= 4 is 5.97 Å². The highest BCUT2D eigenvalue weighted by Crippen LogP contribution is 2.48. The van der Waals surface area contributed by atoms with Gasteiger partial charge >= 0.3 is 5.97 Å². The molecule has 0 bridgehead atoms. The fourth-order valence-electron chi connectivity index (χ4n) is 4.32. The van der Waals surface area contributed by atoms with Crippen LogP contribution in [0, 0.1) is 17.8 Å². The summed E-state index contributed by atoms with van der Waals surface area (Å²) in [4.78, 5) is 11.7. The fourth-order valence-corrected chi connectivity index (χ4v) is 4.32. The van der Waals surface area contributed by atoms with Gasteiger partial charge in [0.15, 0.2) is 0 Å². The Morgan fingerprint density at radius 1 is 1.26 bits per heavy atom. The van der Waals surface area contributed by atoms with Gasteiger partial charge < -0.3 is 4.74 Å². The number of fused-ring (bicyclic) bond motifs is 1. The number of allylic oxidation sites excluding steroid dienone is 3. The van der Waals surface area contributed by atoms with Crippen molar-refractivity contribution in [3.8, 4) is 0 Å².